The van der Waals surface area contributed by atoms with Crippen LogP contribution in [0.15, 0.2) is 34.9 Å². The van der Waals surface area contributed by atoms with Gasteiger partial charge >= 0.3 is 0 Å². The maximum absolute atomic E-state index is 12.0. The Morgan fingerprint density at radius 1 is 1.43 bits per heavy atom. The number of nitro benzene ring substituents is 1. The average Bonchev–Trinajstić information content (AvgIpc) is 2.49. The van der Waals surface area contributed by atoms with Crippen molar-refractivity contribution in [1.29, 1.82) is 0 Å². The van der Waals surface area contributed by atoms with Gasteiger partial charge in [0.25, 0.3) is 10.8 Å². The van der Waals surface area contributed by atoms with Crippen molar-refractivity contribution >= 4 is 67.2 Å². The third-order valence-electron chi connectivity index (χ3n) is 2.45. The van der Waals surface area contributed by atoms with E-state index >= 15 is 0 Å². The highest BCUT2D eigenvalue weighted by Crippen LogP contribution is 2.47. The highest BCUT2D eigenvalue weighted by atomic mass is 35.6. The number of carbonyl (C=O) groups excluding carboxylic acids is 1. The van der Waals surface area contributed by atoms with Crippen molar-refractivity contribution in [2.45, 2.75) is 22.5 Å². The number of benzene rings is 1. The summed E-state index contributed by atoms with van der Waals surface area (Å²) in [6, 6.07) is 3.90. The van der Waals surface area contributed by atoms with Crippen LogP contribution in [0.4, 0.5) is 5.69 Å². The van der Waals surface area contributed by atoms with Crippen LogP contribution < -0.4 is 0 Å². The minimum atomic E-state index is -1.85. The second-order valence-electron chi connectivity index (χ2n) is 3.98. The van der Waals surface area contributed by atoms with Crippen LogP contribution in [0.1, 0.15) is 19.4 Å². The van der Waals surface area contributed by atoms with Gasteiger partial charge in [0.2, 0.25) is 3.79 Å². The van der Waals surface area contributed by atoms with Gasteiger partial charge in [-0.05, 0) is 47.6 Å². The summed E-state index contributed by atoms with van der Waals surface area (Å²) in [5.41, 5.74) is -0.0594. The molecule has 0 saturated heterocycles. The number of ether oxygens (including phenoxy) is 1. The molecule has 0 radical (unpaired) electrons. The first-order valence-electron chi connectivity index (χ1n) is 6.24. The van der Waals surface area contributed by atoms with Crippen molar-refractivity contribution in [3.05, 3.63) is 45.7 Å². The average molecular weight is 417 g/mol. The number of hydrogen-bond donors (Lipinski definition) is 0. The van der Waals surface area contributed by atoms with Crippen molar-refractivity contribution in [2.75, 3.05) is 6.61 Å². The van der Waals surface area contributed by atoms with Crippen LogP contribution >= 0.6 is 56.4 Å². The van der Waals surface area contributed by atoms with E-state index in [1.165, 1.54) is 18.2 Å². The second-order valence-corrected chi connectivity index (χ2v) is 8.40. The molecule has 23 heavy (non-hydrogen) atoms. The van der Waals surface area contributed by atoms with Gasteiger partial charge in [0.15, 0.2) is 5.76 Å². The number of alkyl halides is 3. The molecule has 126 valence electrons. The molecule has 0 aliphatic heterocycles. The fourth-order valence-electron chi connectivity index (χ4n) is 1.47. The van der Waals surface area contributed by atoms with Crippen LogP contribution in [0.2, 0.25) is 0 Å². The zero-order valence-electron chi connectivity index (χ0n) is 12.0. The Morgan fingerprint density at radius 3 is 2.57 bits per heavy atom. The Labute approximate surface area is 156 Å². The summed E-state index contributed by atoms with van der Waals surface area (Å²) in [5, 5.41) is 10.5. The van der Waals surface area contributed by atoms with E-state index in [1.54, 1.807) is 19.9 Å². The van der Waals surface area contributed by atoms with E-state index in [2.05, 4.69) is 0 Å². The van der Waals surface area contributed by atoms with Gasteiger partial charge in [0.1, 0.15) is 0 Å². The first kappa shape index (κ1) is 20.4. The molecular formula is C13H12Cl3NO4S2. The van der Waals surface area contributed by atoms with E-state index in [9.17, 15) is 14.9 Å². The summed E-state index contributed by atoms with van der Waals surface area (Å²) in [6.45, 7) is 3.83. The molecule has 0 aromatic heterocycles. The molecule has 0 atom stereocenters. The molecule has 5 nitrogen and oxygen atoms in total. The minimum Gasteiger partial charge on any atom is -0.490 e. The molecule has 0 unspecified atom stereocenters. The van der Waals surface area contributed by atoms with Gasteiger partial charge in [-0.25, -0.2) is 0 Å². The lowest BCUT2D eigenvalue weighted by atomic mass is 10.2. The summed E-state index contributed by atoms with van der Waals surface area (Å²) >= 11 is 17.6. The molecule has 0 N–H and O–H groups in total. The number of non-ortho nitro benzene ring substituents is 1. The van der Waals surface area contributed by atoms with Crippen molar-refractivity contribution in [2.24, 2.45) is 0 Å². The summed E-state index contributed by atoms with van der Waals surface area (Å²) in [6.07, 6.45) is 1.56. The predicted octanol–water partition coefficient (Wildman–Crippen LogP) is 5.63. The number of nitrogens with zero attached hydrogens (tertiary/aromatic N) is 1. The van der Waals surface area contributed by atoms with E-state index in [0.29, 0.717) is 11.5 Å². The molecule has 0 aliphatic rings. The number of rotatable bonds is 6. The molecule has 0 amide bonds. The fraction of sp³-hybridized carbons (Fsp3) is 0.308. The lowest BCUT2D eigenvalue weighted by Gasteiger charge is -2.15. The Kier molecular flexibility index (Phi) is 8.03. The SMILES string of the molecule is CC=C(OCC)C(=O)SSc1ccc([N+](=O)[O-])cc1C(Cl)(Cl)Cl. The maximum Gasteiger partial charge on any atom is 0.269 e. The van der Waals surface area contributed by atoms with Crippen molar-refractivity contribution in [3.63, 3.8) is 0 Å². The highest BCUT2D eigenvalue weighted by Gasteiger charge is 2.29. The van der Waals surface area contributed by atoms with Gasteiger partial charge in [-0.1, -0.05) is 34.8 Å². The summed E-state index contributed by atoms with van der Waals surface area (Å²) in [7, 11) is 1.93. The van der Waals surface area contributed by atoms with E-state index in [1.807, 2.05) is 0 Å². The monoisotopic (exact) mass is 415 g/mol. The molecule has 0 saturated carbocycles. The summed E-state index contributed by atoms with van der Waals surface area (Å²) in [4.78, 5) is 22.7. The topological polar surface area (TPSA) is 69.4 Å². The Bertz CT molecular complexity index is 632. The summed E-state index contributed by atoms with van der Waals surface area (Å²) < 4.78 is 3.35. The van der Waals surface area contributed by atoms with Gasteiger partial charge in [-0.15, -0.1) is 0 Å². The van der Waals surface area contributed by atoms with Crippen LogP contribution in [0, 0.1) is 10.1 Å². The molecule has 1 aromatic carbocycles. The van der Waals surface area contributed by atoms with E-state index in [4.69, 9.17) is 39.5 Å². The number of nitro groups is 1. The smallest absolute Gasteiger partial charge is 0.269 e. The van der Waals surface area contributed by atoms with E-state index in [-0.39, 0.29) is 22.1 Å². The van der Waals surface area contributed by atoms with Crippen LogP contribution in [-0.4, -0.2) is 16.6 Å². The largest absolute Gasteiger partial charge is 0.490 e. The molecular weight excluding hydrogens is 405 g/mol. The number of carbonyl (C=O) groups is 1. The van der Waals surface area contributed by atoms with Gasteiger partial charge < -0.3 is 4.74 Å². The molecule has 10 heteroatoms. The lowest BCUT2D eigenvalue weighted by Crippen LogP contribution is -2.04. The molecule has 0 spiro atoms. The standard InChI is InChI=1S/C13H12Cl3NO4S2/c1-3-10(21-4-2)12(18)23-22-11-6-5-8(17(19)20)7-9(11)13(14,15)16/h3,5-7H,4H2,1-2H3. The van der Waals surface area contributed by atoms with Crippen molar-refractivity contribution < 1.29 is 14.5 Å². The third-order valence-corrected chi connectivity index (χ3v) is 5.27. The Morgan fingerprint density at radius 2 is 2.09 bits per heavy atom. The molecule has 0 bridgehead atoms. The van der Waals surface area contributed by atoms with Crippen LogP contribution in [-0.2, 0) is 13.3 Å². The molecule has 0 fully saturated rings. The first-order valence-corrected chi connectivity index (χ1v) is 9.52. The van der Waals surface area contributed by atoms with Crippen molar-refractivity contribution in [1.82, 2.24) is 0 Å². The quantitative estimate of drug-likeness (QED) is 0.149. The zero-order valence-corrected chi connectivity index (χ0v) is 15.9. The predicted molar refractivity (Wildman–Crippen MR) is 96.2 cm³/mol. The molecule has 1 aromatic rings. The lowest BCUT2D eigenvalue weighted by molar-refractivity contribution is -0.385. The van der Waals surface area contributed by atoms with Crippen LogP contribution in [0.3, 0.4) is 0 Å². The third kappa shape index (κ3) is 6.08. The fourth-order valence-corrected chi connectivity index (χ4v) is 4.13. The van der Waals surface area contributed by atoms with Crippen LogP contribution in [0.25, 0.3) is 0 Å². The van der Waals surface area contributed by atoms with Crippen molar-refractivity contribution in [3.8, 4) is 0 Å². The van der Waals surface area contributed by atoms with Gasteiger partial charge in [0, 0.05) is 22.6 Å². The number of halogens is 3. The van der Waals surface area contributed by atoms with Gasteiger partial charge in [-0.3, -0.25) is 14.9 Å². The first-order chi connectivity index (χ1) is 10.7. The zero-order chi connectivity index (χ0) is 17.6. The van der Waals surface area contributed by atoms with E-state index < -0.39 is 8.72 Å². The Balaban J connectivity index is 3.00. The van der Waals surface area contributed by atoms with E-state index in [0.717, 1.165) is 21.6 Å². The molecule has 0 aliphatic carbocycles. The van der Waals surface area contributed by atoms with Gasteiger partial charge in [-0.2, -0.15) is 0 Å². The molecule has 1 rings (SSSR count). The number of allylic oxidation sites excluding steroid dienone is 1. The second kappa shape index (κ2) is 9.03. The normalized spacial score (nSPS) is 12.1. The Hall–Kier alpha value is -0.600. The highest BCUT2D eigenvalue weighted by molar-refractivity contribution is 8.82. The minimum absolute atomic E-state index is 0.139. The van der Waals surface area contributed by atoms with Crippen LogP contribution in [0.5, 0.6) is 0 Å². The molecule has 0 heterocycles. The number of hydrogen-bond acceptors (Lipinski definition) is 6. The maximum atomic E-state index is 12.0. The van der Waals surface area contributed by atoms with Gasteiger partial charge in [0.05, 0.1) is 11.5 Å². The summed E-state index contributed by atoms with van der Waals surface area (Å²) in [5.74, 6) is 0.224.